The van der Waals surface area contributed by atoms with Crippen LogP contribution in [0.5, 0.6) is 5.88 Å². The van der Waals surface area contributed by atoms with Crippen molar-refractivity contribution in [2.75, 3.05) is 6.61 Å². The fraction of sp³-hybridized carbons (Fsp3) is 0.692. The molecular weight excluding hydrogens is 264 g/mol. The van der Waals surface area contributed by atoms with Crippen molar-refractivity contribution in [1.82, 2.24) is 9.97 Å². The maximum Gasteiger partial charge on any atom is 0.232 e. The van der Waals surface area contributed by atoms with Crippen LogP contribution < -0.4 is 4.74 Å². The number of ether oxygens (including phenoxy) is 3. The lowest BCUT2D eigenvalue weighted by atomic mass is 9.88. The summed E-state index contributed by atoms with van der Waals surface area (Å²) < 4.78 is 17.2. The molecule has 110 valence electrons. The van der Waals surface area contributed by atoms with Crippen LogP contribution in [0.2, 0.25) is 0 Å². The van der Waals surface area contributed by atoms with E-state index in [1.54, 1.807) is 0 Å². The normalized spacial score (nSPS) is 40.0. The Balaban J connectivity index is 1.92. The average Bonchev–Trinajstić information content (AvgIpc) is 2.86. The summed E-state index contributed by atoms with van der Waals surface area (Å²) in [6, 6.07) is 0. The first-order chi connectivity index (χ1) is 9.54. The molecule has 0 saturated carbocycles. The number of nitrogens with zero attached hydrogens (tertiary/aromatic N) is 2. The van der Waals surface area contributed by atoms with Crippen molar-refractivity contribution in [1.29, 1.82) is 0 Å². The van der Waals surface area contributed by atoms with E-state index in [9.17, 15) is 10.2 Å². The quantitative estimate of drug-likeness (QED) is 0.788. The summed E-state index contributed by atoms with van der Waals surface area (Å²) in [5, 5.41) is 20.3. The Labute approximate surface area is 116 Å². The van der Waals surface area contributed by atoms with Gasteiger partial charge in [0.2, 0.25) is 11.7 Å². The van der Waals surface area contributed by atoms with Crippen LogP contribution in [-0.2, 0) is 9.47 Å². The van der Waals surface area contributed by atoms with Gasteiger partial charge in [0.25, 0.3) is 0 Å². The second-order valence-electron chi connectivity index (χ2n) is 5.41. The summed E-state index contributed by atoms with van der Waals surface area (Å²) in [5.74, 6) is -0.890. The highest BCUT2D eigenvalue weighted by atomic mass is 16.8. The third kappa shape index (κ3) is 1.98. The lowest BCUT2D eigenvalue weighted by molar-refractivity contribution is -0.305. The van der Waals surface area contributed by atoms with Crippen molar-refractivity contribution in [3.05, 3.63) is 18.6 Å². The van der Waals surface area contributed by atoms with Crippen LogP contribution in [0.15, 0.2) is 18.6 Å². The molecule has 2 N–H and O–H groups in total. The van der Waals surface area contributed by atoms with Crippen molar-refractivity contribution in [3.8, 4) is 5.88 Å². The van der Waals surface area contributed by atoms with Gasteiger partial charge in [0.05, 0.1) is 12.8 Å². The van der Waals surface area contributed by atoms with E-state index in [2.05, 4.69) is 9.97 Å². The highest BCUT2D eigenvalue weighted by Gasteiger charge is 2.62. The van der Waals surface area contributed by atoms with Gasteiger partial charge in [-0.15, -0.1) is 0 Å². The minimum atomic E-state index is -1.11. The topological polar surface area (TPSA) is 93.9 Å². The molecular formula is C13H18N2O5. The average molecular weight is 282 g/mol. The standard InChI is InChI=1S/C13H18N2O5/c1-7(2)13-12(19-9-5-14-3-4-15-9)11(17)10(16)8(20-13)6-18-13/h3-5,7-8,10-12,16-17H,6H2,1-2H3/t8?,10-,11-,12+,13?/m0/s1. The Morgan fingerprint density at radius 3 is 2.80 bits per heavy atom. The first-order valence-corrected chi connectivity index (χ1v) is 6.65. The third-order valence-electron chi connectivity index (χ3n) is 3.84. The van der Waals surface area contributed by atoms with Crippen LogP contribution in [0, 0.1) is 5.92 Å². The predicted octanol–water partition coefficient (Wildman–Crippen LogP) is -0.273. The highest BCUT2D eigenvalue weighted by molar-refractivity contribution is 5.09. The largest absolute Gasteiger partial charge is 0.465 e. The van der Waals surface area contributed by atoms with Crippen LogP contribution in [0.4, 0.5) is 0 Å². The zero-order chi connectivity index (χ0) is 14.3. The molecule has 1 aromatic heterocycles. The van der Waals surface area contributed by atoms with Gasteiger partial charge in [-0.2, -0.15) is 0 Å². The second kappa shape index (κ2) is 4.92. The zero-order valence-electron chi connectivity index (χ0n) is 11.3. The molecule has 0 amide bonds. The molecule has 3 rings (SSSR count). The molecule has 2 unspecified atom stereocenters. The van der Waals surface area contributed by atoms with Gasteiger partial charge >= 0.3 is 0 Å². The number of fused-ring (bicyclic) bond motifs is 2. The number of aliphatic hydroxyl groups is 2. The van der Waals surface area contributed by atoms with Gasteiger partial charge in [-0.25, -0.2) is 4.98 Å². The van der Waals surface area contributed by atoms with E-state index in [4.69, 9.17) is 14.2 Å². The number of aromatic nitrogens is 2. The Bertz CT molecular complexity index is 471. The maximum atomic E-state index is 10.3. The molecule has 7 heteroatoms. The van der Waals surface area contributed by atoms with Crippen molar-refractivity contribution in [3.63, 3.8) is 0 Å². The van der Waals surface area contributed by atoms with E-state index < -0.39 is 30.2 Å². The van der Waals surface area contributed by atoms with Gasteiger partial charge in [-0.3, -0.25) is 4.98 Å². The molecule has 2 aliphatic heterocycles. The van der Waals surface area contributed by atoms with Crippen molar-refractivity contribution >= 4 is 0 Å². The van der Waals surface area contributed by atoms with Gasteiger partial charge in [0.1, 0.15) is 18.3 Å². The van der Waals surface area contributed by atoms with Gasteiger partial charge in [-0.1, -0.05) is 13.8 Å². The molecule has 0 radical (unpaired) electrons. The molecule has 3 heterocycles. The SMILES string of the molecule is CC(C)C12OCC(O1)[C@H](O)[C@H](O)[C@H]2Oc1cnccn1. The molecule has 20 heavy (non-hydrogen) atoms. The van der Waals surface area contributed by atoms with E-state index in [0.717, 1.165) is 0 Å². The fourth-order valence-corrected chi connectivity index (χ4v) is 2.73. The van der Waals surface area contributed by atoms with Crippen LogP contribution in [0.3, 0.4) is 0 Å². The molecule has 5 atom stereocenters. The van der Waals surface area contributed by atoms with E-state index in [0.29, 0.717) is 0 Å². The highest BCUT2D eigenvalue weighted by Crippen LogP contribution is 2.43. The first kappa shape index (κ1) is 13.7. The Morgan fingerprint density at radius 1 is 1.35 bits per heavy atom. The minimum Gasteiger partial charge on any atom is -0.465 e. The maximum absolute atomic E-state index is 10.3. The minimum absolute atomic E-state index is 0.0590. The van der Waals surface area contributed by atoms with Crippen LogP contribution in [-0.4, -0.2) is 57.0 Å². The van der Waals surface area contributed by atoms with Crippen LogP contribution >= 0.6 is 0 Å². The lowest BCUT2D eigenvalue weighted by Crippen LogP contribution is -2.64. The number of rotatable bonds is 3. The van der Waals surface area contributed by atoms with Crippen molar-refractivity contribution in [2.45, 2.75) is 44.1 Å². The molecule has 7 nitrogen and oxygen atoms in total. The predicted molar refractivity (Wildman–Crippen MR) is 66.9 cm³/mol. The molecule has 2 fully saturated rings. The van der Waals surface area contributed by atoms with Gasteiger partial charge < -0.3 is 24.4 Å². The smallest absolute Gasteiger partial charge is 0.232 e. The number of hydrogen-bond donors (Lipinski definition) is 2. The monoisotopic (exact) mass is 282 g/mol. The summed E-state index contributed by atoms with van der Waals surface area (Å²) in [6.07, 6.45) is 0.889. The van der Waals surface area contributed by atoms with Crippen LogP contribution in [0.1, 0.15) is 13.8 Å². The second-order valence-corrected chi connectivity index (χ2v) is 5.41. The molecule has 2 bridgehead atoms. The Morgan fingerprint density at radius 2 is 2.15 bits per heavy atom. The van der Waals surface area contributed by atoms with E-state index >= 15 is 0 Å². The molecule has 1 aromatic rings. The number of hydrogen-bond acceptors (Lipinski definition) is 7. The van der Waals surface area contributed by atoms with Crippen LogP contribution in [0.25, 0.3) is 0 Å². The summed E-state index contributed by atoms with van der Waals surface area (Å²) in [4.78, 5) is 7.93. The summed E-state index contributed by atoms with van der Waals surface area (Å²) in [5.41, 5.74) is 0. The summed E-state index contributed by atoms with van der Waals surface area (Å²) in [6.45, 7) is 4.07. The molecule has 2 aliphatic rings. The number of aliphatic hydroxyl groups excluding tert-OH is 2. The van der Waals surface area contributed by atoms with Gasteiger partial charge in [0.15, 0.2) is 6.10 Å². The summed E-state index contributed by atoms with van der Waals surface area (Å²) in [7, 11) is 0. The lowest BCUT2D eigenvalue weighted by Gasteiger charge is -2.45. The van der Waals surface area contributed by atoms with Crippen molar-refractivity contribution < 1.29 is 24.4 Å². The zero-order valence-corrected chi connectivity index (χ0v) is 11.3. The molecule has 0 aliphatic carbocycles. The van der Waals surface area contributed by atoms with E-state index in [1.165, 1.54) is 18.6 Å². The first-order valence-electron chi connectivity index (χ1n) is 6.65. The third-order valence-corrected chi connectivity index (χ3v) is 3.84. The van der Waals surface area contributed by atoms with Crippen molar-refractivity contribution in [2.24, 2.45) is 5.92 Å². The molecule has 0 aromatic carbocycles. The van der Waals surface area contributed by atoms with E-state index in [1.807, 2.05) is 13.8 Å². The Hall–Kier alpha value is -1.28. The van der Waals surface area contributed by atoms with E-state index in [-0.39, 0.29) is 18.4 Å². The van der Waals surface area contributed by atoms with Gasteiger partial charge in [0, 0.05) is 18.3 Å². The molecule has 0 spiro atoms. The summed E-state index contributed by atoms with van der Waals surface area (Å²) >= 11 is 0. The van der Waals surface area contributed by atoms with Gasteiger partial charge in [-0.05, 0) is 0 Å². The Kier molecular flexibility index (Phi) is 3.37. The fourth-order valence-electron chi connectivity index (χ4n) is 2.73. The molecule has 2 saturated heterocycles.